The van der Waals surface area contributed by atoms with Crippen LogP contribution in [0.15, 0.2) is 53.4 Å². The van der Waals surface area contributed by atoms with E-state index in [2.05, 4.69) is 9.88 Å². The third kappa shape index (κ3) is 3.52. The Morgan fingerprint density at radius 1 is 1.07 bits per heavy atom. The summed E-state index contributed by atoms with van der Waals surface area (Å²) in [6.07, 6.45) is 1.75. The van der Waals surface area contributed by atoms with Crippen LogP contribution in [0.25, 0.3) is 17.0 Å². The molecule has 1 aliphatic heterocycles. The highest BCUT2D eigenvalue weighted by molar-refractivity contribution is 8.18. The summed E-state index contributed by atoms with van der Waals surface area (Å²) in [4.78, 5) is 39.0. The zero-order valence-electron chi connectivity index (χ0n) is 16.9. The van der Waals surface area contributed by atoms with E-state index < -0.39 is 17.1 Å². The van der Waals surface area contributed by atoms with Crippen molar-refractivity contribution in [3.05, 3.63) is 70.3 Å². The Labute approximate surface area is 178 Å². The van der Waals surface area contributed by atoms with Gasteiger partial charge in [-0.1, -0.05) is 36.4 Å². The number of carbonyl (C=O) groups excluding carboxylic acids is 3. The van der Waals surface area contributed by atoms with Crippen LogP contribution in [0.3, 0.4) is 0 Å². The third-order valence-electron chi connectivity index (χ3n) is 5.32. The quantitative estimate of drug-likeness (QED) is 0.634. The summed E-state index contributed by atoms with van der Waals surface area (Å²) >= 11 is 0.864. The van der Waals surface area contributed by atoms with E-state index >= 15 is 0 Å². The first-order chi connectivity index (χ1) is 14.4. The van der Waals surface area contributed by atoms with Crippen molar-refractivity contribution in [2.75, 3.05) is 11.9 Å². The maximum absolute atomic E-state index is 12.9. The Balaban J connectivity index is 1.57. The third-order valence-corrected chi connectivity index (χ3v) is 6.23. The first-order valence-corrected chi connectivity index (χ1v) is 10.3. The normalized spacial score (nSPS) is 15.4. The summed E-state index contributed by atoms with van der Waals surface area (Å²) in [6, 6.07) is 15.3. The van der Waals surface area contributed by atoms with Crippen molar-refractivity contribution >= 4 is 51.5 Å². The van der Waals surface area contributed by atoms with E-state index in [4.69, 9.17) is 0 Å². The van der Waals surface area contributed by atoms with Crippen molar-refractivity contribution in [3.63, 3.8) is 0 Å². The molecule has 2 heterocycles. The zero-order valence-corrected chi connectivity index (χ0v) is 17.7. The maximum atomic E-state index is 12.9. The number of hydrogen-bond donors (Lipinski definition) is 1. The SMILES string of the molecule is Cc1ccccc1NC(=O)CN1C(=O)S/C(=C\c2c(C)n(C)c3ccccc23)C1=O. The van der Waals surface area contributed by atoms with Crippen molar-refractivity contribution in [1.29, 1.82) is 0 Å². The van der Waals surface area contributed by atoms with E-state index in [0.29, 0.717) is 10.6 Å². The molecule has 0 aliphatic carbocycles. The summed E-state index contributed by atoms with van der Waals surface area (Å²) in [5.74, 6) is -0.855. The molecule has 30 heavy (non-hydrogen) atoms. The van der Waals surface area contributed by atoms with E-state index in [1.165, 1.54) is 0 Å². The number of nitrogens with zero attached hydrogens (tertiary/aromatic N) is 2. The Hall–Kier alpha value is -3.32. The fourth-order valence-electron chi connectivity index (χ4n) is 3.55. The number of thioether (sulfide) groups is 1. The van der Waals surface area contributed by atoms with E-state index in [1.807, 2.05) is 63.4 Å². The number of hydrogen-bond acceptors (Lipinski definition) is 4. The van der Waals surface area contributed by atoms with Gasteiger partial charge in [0.15, 0.2) is 0 Å². The molecule has 1 N–H and O–H groups in total. The average molecular weight is 420 g/mol. The number of aromatic nitrogens is 1. The van der Waals surface area contributed by atoms with Crippen LogP contribution in [-0.2, 0) is 16.6 Å². The van der Waals surface area contributed by atoms with Crippen LogP contribution in [-0.4, -0.2) is 33.1 Å². The van der Waals surface area contributed by atoms with Gasteiger partial charge in [-0.15, -0.1) is 0 Å². The van der Waals surface area contributed by atoms with Crippen molar-refractivity contribution in [1.82, 2.24) is 9.47 Å². The fourth-order valence-corrected chi connectivity index (χ4v) is 4.37. The Morgan fingerprint density at radius 2 is 1.77 bits per heavy atom. The standard InChI is InChI=1S/C23H21N3O3S/c1-14-8-4-6-10-18(14)24-21(27)13-26-22(28)20(30-23(26)29)12-17-15(2)25(3)19-11-7-5-9-16(17)19/h4-12H,13H2,1-3H3,(H,24,27)/b20-12-. The van der Waals surface area contributed by atoms with Crippen molar-refractivity contribution in [3.8, 4) is 0 Å². The van der Waals surface area contributed by atoms with Crippen LogP contribution in [0.2, 0.25) is 0 Å². The number of imide groups is 1. The second-order valence-corrected chi connectivity index (χ2v) is 8.20. The number of amides is 3. The molecule has 4 rings (SSSR count). The first-order valence-electron chi connectivity index (χ1n) is 9.51. The molecule has 0 spiro atoms. The maximum Gasteiger partial charge on any atom is 0.294 e. The lowest BCUT2D eigenvalue weighted by molar-refractivity contribution is -0.127. The highest BCUT2D eigenvalue weighted by Gasteiger charge is 2.36. The molecule has 0 atom stereocenters. The van der Waals surface area contributed by atoms with Gasteiger partial charge < -0.3 is 9.88 Å². The number of para-hydroxylation sites is 2. The van der Waals surface area contributed by atoms with E-state index in [1.54, 1.807) is 12.1 Å². The second kappa shape index (κ2) is 7.84. The molecule has 7 heteroatoms. The van der Waals surface area contributed by atoms with Gasteiger partial charge in [-0.25, -0.2) is 0 Å². The molecule has 152 valence electrons. The molecule has 1 aliphatic rings. The summed E-state index contributed by atoms with van der Waals surface area (Å²) in [5, 5.41) is 3.34. The van der Waals surface area contributed by atoms with E-state index in [-0.39, 0.29) is 6.54 Å². The molecule has 3 amide bonds. The van der Waals surface area contributed by atoms with Crippen LogP contribution in [0.1, 0.15) is 16.8 Å². The van der Waals surface area contributed by atoms with Crippen molar-refractivity contribution in [2.24, 2.45) is 7.05 Å². The van der Waals surface area contributed by atoms with Gasteiger partial charge in [-0.3, -0.25) is 19.3 Å². The number of aryl methyl sites for hydroxylation is 2. The van der Waals surface area contributed by atoms with E-state index in [9.17, 15) is 14.4 Å². The van der Waals surface area contributed by atoms with Crippen molar-refractivity contribution in [2.45, 2.75) is 13.8 Å². The smallest absolute Gasteiger partial charge is 0.294 e. The molecule has 1 fully saturated rings. The van der Waals surface area contributed by atoms with Gasteiger partial charge in [-0.05, 0) is 49.4 Å². The largest absolute Gasteiger partial charge is 0.347 e. The number of nitrogens with one attached hydrogen (secondary N) is 1. The zero-order chi connectivity index (χ0) is 21.4. The molecule has 1 aromatic heterocycles. The molecular weight excluding hydrogens is 398 g/mol. The van der Waals surface area contributed by atoms with Gasteiger partial charge in [0.25, 0.3) is 11.1 Å². The predicted octanol–water partition coefficient (Wildman–Crippen LogP) is 4.47. The van der Waals surface area contributed by atoms with E-state index in [0.717, 1.165) is 44.4 Å². The minimum absolute atomic E-state index is 0.315. The summed E-state index contributed by atoms with van der Waals surface area (Å²) in [5.41, 5.74) is 4.53. The Kier molecular flexibility index (Phi) is 5.22. The molecular formula is C23H21N3O3S. The highest BCUT2D eigenvalue weighted by atomic mass is 32.2. The average Bonchev–Trinajstić information content (AvgIpc) is 3.13. The lowest BCUT2D eigenvalue weighted by Gasteiger charge is -2.13. The molecule has 1 saturated heterocycles. The molecule has 3 aromatic rings. The summed E-state index contributed by atoms with van der Waals surface area (Å²) < 4.78 is 2.06. The lowest BCUT2D eigenvalue weighted by atomic mass is 10.1. The second-order valence-electron chi connectivity index (χ2n) is 7.21. The van der Waals surface area contributed by atoms with Crippen LogP contribution in [0.5, 0.6) is 0 Å². The molecule has 2 aromatic carbocycles. The molecule has 0 saturated carbocycles. The minimum Gasteiger partial charge on any atom is -0.347 e. The molecule has 6 nitrogen and oxygen atoms in total. The monoisotopic (exact) mass is 419 g/mol. The summed E-state index contributed by atoms with van der Waals surface area (Å²) in [6.45, 7) is 3.54. The van der Waals surface area contributed by atoms with Crippen LogP contribution < -0.4 is 5.32 Å². The van der Waals surface area contributed by atoms with Gasteiger partial charge in [0.2, 0.25) is 5.91 Å². The Morgan fingerprint density at radius 3 is 2.53 bits per heavy atom. The first kappa shape index (κ1) is 20.0. The van der Waals surface area contributed by atoms with Gasteiger partial charge >= 0.3 is 0 Å². The van der Waals surface area contributed by atoms with Crippen LogP contribution in [0.4, 0.5) is 10.5 Å². The minimum atomic E-state index is -0.447. The fraction of sp³-hybridized carbons (Fsp3) is 0.174. The predicted molar refractivity (Wildman–Crippen MR) is 120 cm³/mol. The number of anilines is 1. The van der Waals surface area contributed by atoms with Gasteiger partial charge in [0.1, 0.15) is 6.54 Å². The van der Waals surface area contributed by atoms with Gasteiger partial charge in [0, 0.05) is 34.9 Å². The van der Waals surface area contributed by atoms with Gasteiger partial charge in [0.05, 0.1) is 4.91 Å². The number of rotatable bonds is 4. The topological polar surface area (TPSA) is 71.4 Å². The van der Waals surface area contributed by atoms with Crippen LogP contribution in [0, 0.1) is 13.8 Å². The number of benzene rings is 2. The molecule has 0 radical (unpaired) electrons. The highest BCUT2D eigenvalue weighted by Crippen LogP contribution is 2.35. The molecule has 0 bridgehead atoms. The Bertz CT molecular complexity index is 1230. The van der Waals surface area contributed by atoms with Crippen molar-refractivity contribution < 1.29 is 14.4 Å². The molecule has 0 unspecified atom stereocenters. The number of carbonyl (C=O) groups is 3. The summed E-state index contributed by atoms with van der Waals surface area (Å²) in [7, 11) is 1.97. The van der Waals surface area contributed by atoms with Gasteiger partial charge in [-0.2, -0.15) is 0 Å². The number of fused-ring (bicyclic) bond motifs is 1. The lowest BCUT2D eigenvalue weighted by Crippen LogP contribution is -2.36. The van der Waals surface area contributed by atoms with Crippen LogP contribution >= 0.6 is 11.8 Å².